The van der Waals surface area contributed by atoms with Gasteiger partial charge in [0.1, 0.15) is 17.2 Å². The van der Waals surface area contributed by atoms with Gasteiger partial charge in [-0.05, 0) is 54.0 Å². The lowest BCUT2D eigenvalue weighted by Crippen LogP contribution is -2.47. The highest BCUT2D eigenvalue weighted by Crippen LogP contribution is 2.36. The molecule has 33 heavy (non-hydrogen) atoms. The molecule has 1 aliphatic carbocycles. The molecule has 0 unspecified atom stereocenters. The summed E-state index contributed by atoms with van der Waals surface area (Å²) in [4.78, 5) is 28.9. The van der Waals surface area contributed by atoms with E-state index in [0.29, 0.717) is 5.92 Å². The van der Waals surface area contributed by atoms with Crippen LogP contribution in [0.4, 0.5) is 0 Å². The first-order chi connectivity index (χ1) is 16.0. The van der Waals surface area contributed by atoms with Gasteiger partial charge >= 0.3 is 0 Å². The fourth-order valence-electron chi connectivity index (χ4n) is 4.71. The Morgan fingerprint density at radius 1 is 1.06 bits per heavy atom. The molecule has 1 saturated carbocycles. The van der Waals surface area contributed by atoms with Crippen molar-refractivity contribution in [3.63, 3.8) is 0 Å². The molecule has 1 aliphatic heterocycles. The Balaban J connectivity index is 1.27. The molecular formula is C26H25N5O2. The van der Waals surface area contributed by atoms with Crippen molar-refractivity contribution in [2.45, 2.75) is 31.2 Å². The van der Waals surface area contributed by atoms with Crippen LogP contribution >= 0.6 is 0 Å². The fourth-order valence-corrected chi connectivity index (χ4v) is 4.71. The third-order valence-corrected chi connectivity index (χ3v) is 6.39. The molecule has 1 aromatic heterocycles. The van der Waals surface area contributed by atoms with Gasteiger partial charge in [-0.1, -0.05) is 49.0 Å². The van der Waals surface area contributed by atoms with Gasteiger partial charge in [0.05, 0.1) is 5.52 Å². The minimum atomic E-state index is -0.518. The third kappa shape index (κ3) is 4.05. The van der Waals surface area contributed by atoms with E-state index in [1.54, 1.807) is 0 Å². The predicted molar refractivity (Wildman–Crippen MR) is 127 cm³/mol. The molecule has 0 saturated heterocycles. The topological polar surface area (TPSA) is 109 Å². The molecule has 3 aromatic rings. The zero-order chi connectivity index (χ0) is 22.9. The highest BCUT2D eigenvalue weighted by molar-refractivity contribution is 6.06. The van der Waals surface area contributed by atoms with E-state index in [0.717, 1.165) is 35.7 Å². The van der Waals surface area contributed by atoms with Crippen LogP contribution in [0.3, 0.4) is 0 Å². The first-order valence-electron chi connectivity index (χ1n) is 11.0. The molecule has 5 N–H and O–H groups in total. The van der Waals surface area contributed by atoms with E-state index in [4.69, 9.17) is 5.73 Å². The van der Waals surface area contributed by atoms with E-state index < -0.39 is 5.91 Å². The largest absolute Gasteiger partial charge is 0.392 e. The number of nitrogens with two attached hydrogens (primary N) is 1. The SMILES string of the molecule is C=C1NC(=O)C(N)=C(C(=O)N[C@@H]2CC[C@H](c3ccc(-c4cccc5ncccc45)cc3)C2)N1. The summed E-state index contributed by atoms with van der Waals surface area (Å²) in [5, 5.41) is 9.36. The van der Waals surface area contributed by atoms with Crippen LogP contribution in [-0.2, 0) is 9.59 Å². The van der Waals surface area contributed by atoms with Crippen LogP contribution in [0.1, 0.15) is 30.7 Å². The number of carbonyl (C=O) groups excluding carboxylic acids is 2. The molecule has 2 amide bonds. The molecule has 2 heterocycles. The number of nitrogens with zero attached hydrogens (tertiary/aromatic N) is 1. The zero-order valence-electron chi connectivity index (χ0n) is 18.1. The first kappa shape index (κ1) is 20.8. The molecular weight excluding hydrogens is 414 g/mol. The molecule has 2 aliphatic rings. The van der Waals surface area contributed by atoms with Gasteiger partial charge in [-0.15, -0.1) is 0 Å². The molecule has 166 valence electrons. The van der Waals surface area contributed by atoms with Crippen LogP contribution < -0.4 is 21.7 Å². The summed E-state index contributed by atoms with van der Waals surface area (Å²) in [7, 11) is 0. The average Bonchev–Trinajstić information content (AvgIpc) is 3.29. The zero-order valence-corrected chi connectivity index (χ0v) is 18.1. The van der Waals surface area contributed by atoms with Crippen LogP contribution in [0, 0.1) is 0 Å². The second-order valence-electron chi connectivity index (χ2n) is 8.52. The predicted octanol–water partition coefficient (Wildman–Crippen LogP) is 3.02. The number of fused-ring (bicyclic) bond motifs is 1. The maximum absolute atomic E-state index is 12.7. The summed E-state index contributed by atoms with van der Waals surface area (Å²) in [5.41, 5.74) is 10.3. The lowest BCUT2D eigenvalue weighted by Gasteiger charge is -2.22. The minimum Gasteiger partial charge on any atom is -0.392 e. The van der Waals surface area contributed by atoms with Gasteiger partial charge in [-0.3, -0.25) is 14.6 Å². The normalized spacial score (nSPS) is 20.5. The molecule has 2 aromatic carbocycles. The van der Waals surface area contributed by atoms with Crippen molar-refractivity contribution in [2.24, 2.45) is 5.73 Å². The molecule has 7 heteroatoms. The van der Waals surface area contributed by atoms with Crippen molar-refractivity contribution in [3.05, 3.63) is 90.2 Å². The second-order valence-corrected chi connectivity index (χ2v) is 8.52. The summed E-state index contributed by atoms with van der Waals surface area (Å²) in [5.74, 6) is -0.294. The van der Waals surface area contributed by atoms with Crippen molar-refractivity contribution in [3.8, 4) is 11.1 Å². The lowest BCUT2D eigenvalue weighted by atomic mass is 9.94. The number of benzene rings is 2. The van der Waals surface area contributed by atoms with Gasteiger partial charge in [0.2, 0.25) is 0 Å². The lowest BCUT2D eigenvalue weighted by molar-refractivity contribution is -0.121. The molecule has 7 nitrogen and oxygen atoms in total. The summed E-state index contributed by atoms with van der Waals surface area (Å²) in [6.45, 7) is 3.64. The van der Waals surface area contributed by atoms with Gasteiger partial charge < -0.3 is 21.7 Å². The molecule has 5 rings (SSSR count). The average molecular weight is 440 g/mol. The van der Waals surface area contributed by atoms with E-state index in [1.807, 2.05) is 24.4 Å². The highest BCUT2D eigenvalue weighted by atomic mass is 16.2. The number of aromatic nitrogens is 1. The smallest absolute Gasteiger partial charge is 0.274 e. The summed E-state index contributed by atoms with van der Waals surface area (Å²) in [6.07, 6.45) is 4.50. The Morgan fingerprint density at radius 3 is 2.70 bits per heavy atom. The van der Waals surface area contributed by atoms with E-state index in [-0.39, 0.29) is 29.2 Å². The number of pyridine rings is 1. The van der Waals surface area contributed by atoms with Gasteiger partial charge in [0, 0.05) is 17.6 Å². The van der Waals surface area contributed by atoms with Gasteiger partial charge in [0.15, 0.2) is 0 Å². The fraction of sp³-hybridized carbons (Fsp3) is 0.192. The molecule has 1 fully saturated rings. The van der Waals surface area contributed by atoms with Crippen molar-refractivity contribution in [2.75, 3.05) is 0 Å². The summed E-state index contributed by atoms with van der Waals surface area (Å²) < 4.78 is 0. The Kier molecular flexibility index (Phi) is 5.30. The van der Waals surface area contributed by atoms with Crippen LogP contribution in [-0.4, -0.2) is 22.8 Å². The maximum Gasteiger partial charge on any atom is 0.274 e. The Morgan fingerprint density at radius 2 is 1.88 bits per heavy atom. The maximum atomic E-state index is 12.7. The number of carbonyl (C=O) groups is 2. The van der Waals surface area contributed by atoms with E-state index in [9.17, 15) is 9.59 Å². The van der Waals surface area contributed by atoms with E-state index >= 15 is 0 Å². The van der Waals surface area contributed by atoms with Crippen LogP contribution in [0.5, 0.6) is 0 Å². The van der Waals surface area contributed by atoms with E-state index in [1.165, 1.54) is 11.1 Å². The van der Waals surface area contributed by atoms with Gasteiger partial charge in [0.25, 0.3) is 11.8 Å². The number of amides is 2. The number of nitrogens with one attached hydrogen (secondary N) is 3. The van der Waals surface area contributed by atoms with Crippen LogP contribution in [0.25, 0.3) is 22.0 Å². The Bertz CT molecular complexity index is 1290. The van der Waals surface area contributed by atoms with Crippen LogP contribution in [0.2, 0.25) is 0 Å². The van der Waals surface area contributed by atoms with Crippen LogP contribution in [0.15, 0.2) is 84.6 Å². The van der Waals surface area contributed by atoms with Crippen molar-refractivity contribution in [1.82, 2.24) is 20.9 Å². The summed E-state index contributed by atoms with van der Waals surface area (Å²) in [6, 6.07) is 18.9. The second kappa shape index (κ2) is 8.43. The van der Waals surface area contributed by atoms with E-state index in [2.05, 4.69) is 63.9 Å². The molecule has 0 bridgehead atoms. The third-order valence-electron chi connectivity index (χ3n) is 6.39. The van der Waals surface area contributed by atoms with Crippen molar-refractivity contribution < 1.29 is 9.59 Å². The molecule has 0 radical (unpaired) electrons. The highest BCUT2D eigenvalue weighted by Gasteiger charge is 2.30. The minimum absolute atomic E-state index is 0.0201. The monoisotopic (exact) mass is 439 g/mol. The van der Waals surface area contributed by atoms with Crippen molar-refractivity contribution >= 4 is 22.7 Å². The number of rotatable bonds is 4. The molecule has 2 atom stereocenters. The number of hydrogen-bond donors (Lipinski definition) is 4. The molecule has 0 spiro atoms. The summed E-state index contributed by atoms with van der Waals surface area (Å²) >= 11 is 0. The van der Waals surface area contributed by atoms with Gasteiger partial charge in [-0.2, -0.15) is 0 Å². The Hall–Kier alpha value is -4.13. The van der Waals surface area contributed by atoms with Gasteiger partial charge in [-0.25, -0.2) is 0 Å². The Labute approximate surface area is 191 Å². The standard InChI is InChI=1S/C26H25N5O2/c1-15-29-24(23(27)25(32)30-15)26(33)31-19-12-11-18(14-19)16-7-9-17(10-8-16)20-4-2-6-22-21(20)5-3-13-28-22/h2-10,13,18-19,29H,1,11-12,14,27H2,(H,30,32)(H,31,33)/t18-,19+/m0/s1. The first-order valence-corrected chi connectivity index (χ1v) is 11.0. The van der Waals surface area contributed by atoms with Crippen molar-refractivity contribution in [1.29, 1.82) is 0 Å². The quantitative estimate of drug-likeness (QED) is 0.500. The number of hydrogen-bond acceptors (Lipinski definition) is 5.